The average molecular weight is 410 g/mol. The lowest BCUT2D eigenvalue weighted by Crippen LogP contribution is -2.50. The van der Waals surface area contributed by atoms with Crippen LogP contribution in [0.15, 0.2) is 36.4 Å². The molecule has 0 saturated carbocycles. The molecule has 0 unspecified atom stereocenters. The van der Waals surface area contributed by atoms with Gasteiger partial charge in [0.1, 0.15) is 17.2 Å². The van der Waals surface area contributed by atoms with Gasteiger partial charge in [0.2, 0.25) is 0 Å². The smallest absolute Gasteiger partial charge is 0.324 e. The molecule has 0 heterocycles. The van der Waals surface area contributed by atoms with Crippen molar-refractivity contribution in [2.24, 2.45) is 0 Å². The second kappa shape index (κ2) is 10.6. The predicted molar refractivity (Wildman–Crippen MR) is 114 cm³/mol. The molecule has 0 aliphatic rings. The Morgan fingerprint density at radius 3 is 2.07 bits per heavy atom. The van der Waals surface area contributed by atoms with E-state index in [0.29, 0.717) is 11.3 Å². The average Bonchev–Trinajstić information content (AvgIpc) is 2.66. The number of likely N-dealkylation sites (N-methyl/N-ethyl adjacent to an activating group) is 1. The van der Waals surface area contributed by atoms with Crippen LogP contribution in [0.3, 0.4) is 0 Å². The summed E-state index contributed by atoms with van der Waals surface area (Å²) in [6.45, 7) is 5.83. The summed E-state index contributed by atoms with van der Waals surface area (Å²) in [6.07, 6.45) is 1.88. The number of halogens is 2. The van der Waals surface area contributed by atoms with Gasteiger partial charge in [0, 0.05) is 17.4 Å². The first-order valence-electron chi connectivity index (χ1n) is 9.19. The van der Waals surface area contributed by atoms with Crippen LogP contribution < -0.4 is 0 Å². The summed E-state index contributed by atoms with van der Waals surface area (Å²) >= 11 is 3.96. The molecular formula is C22H29F2NO2S. The Labute approximate surface area is 171 Å². The third-order valence-corrected chi connectivity index (χ3v) is 5.58. The van der Waals surface area contributed by atoms with Crippen molar-refractivity contribution >= 4 is 18.6 Å². The highest BCUT2D eigenvalue weighted by Gasteiger charge is 2.33. The van der Waals surface area contributed by atoms with E-state index in [-0.39, 0.29) is 0 Å². The van der Waals surface area contributed by atoms with Crippen molar-refractivity contribution in [2.45, 2.75) is 39.2 Å². The normalized spacial score (nSPS) is 12.9. The molecule has 3 nitrogen and oxygen atoms in total. The molecule has 1 N–H and O–H groups in total. The minimum atomic E-state index is -0.844. The van der Waals surface area contributed by atoms with Crippen LogP contribution in [-0.4, -0.2) is 41.4 Å². The van der Waals surface area contributed by atoms with Gasteiger partial charge < -0.3 is 5.11 Å². The molecule has 0 aliphatic carbocycles. The van der Waals surface area contributed by atoms with E-state index < -0.39 is 23.1 Å². The number of benzene rings is 2. The molecule has 154 valence electrons. The Morgan fingerprint density at radius 1 is 1.07 bits per heavy atom. The molecule has 0 bridgehead atoms. The molecular weight excluding hydrogens is 380 g/mol. The number of hydrogen-bond acceptors (Lipinski definition) is 3. The van der Waals surface area contributed by atoms with Gasteiger partial charge in [0.25, 0.3) is 0 Å². The molecule has 0 spiro atoms. The van der Waals surface area contributed by atoms with Crippen molar-refractivity contribution in [3.8, 4) is 11.1 Å². The van der Waals surface area contributed by atoms with Crippen molar-refractivity contribution in [3.05, 3.63) is 59.2 Å². The standard InChI is InChI=1S/C16H16F2.C6H13NO2S/c1-3-11-5-6-13(9-12(11)4-2)15-8-7-14(17)10-16(15)18;1-6(4-10,5(8)9)7(2)3/h5-10H,3-4H2,1-2H3;10H,4H2,1-3H3,(H,8,9)/t;6-/m.0/s1. The number of aliphatic carboxylic acids is 1. The van der Waals surface area contributed by atoms with E-state index >= 15 is 0 Å². The van der Waals surface area contributed by atoms with Crippen LogP contribution in [0.1, 0.15) is 31.9 Å². The third-order valence-electron chi connectivity index (χ3n) is 4.97. The maximum atomic E-state index is 13.7. The zero-order valence-electron chi connectivity index (χ0n) is 17.1. The Bertz CT molecular complexity index is 811. The number of hydrogen-bond donors (Lipinski definition) is 2. The van der Waals surface area contributed by atoms with Gasteiger partial charge in [-0.15, -0.1) is 0 Å². The number of carboxylic acids is 1. The summed E-state index contributed by atoms with van der Waals surface area (Å²) in [4.78, 5) is 12.2. The van der Waals surface area contributed by atoms with E-state index in [2.05, 4.69) is 26.5 Å². The largest absolute Gasteiger partial charge is 0.480 e. The van der Waals surface area contributed by atoms with Crippen molar-refractivity contribution in [3.63, 3.8) is 0 Å². The fourth-order valence-corrected chi connectivity index (χ4v) is 3.01. The molecule has 0 amide bonds. The second-order valence-corrected chi connectivity index (χ2v) is 7.26. The molecule has 0 saturated heterocycles. The Kier molecular flexibility index (Phi) is 9.11. The summed E-state index contributed by atoms with van der Waals surface area (Å²) < 4.78 is 26.6. The van der Waals surface area contributed by atoms with Gasteiger partial charge in [-0.3, -0.25) is 9.69 Å². The number of nitrogens with zero attached hydrogens (tertiary/aromatic N) is 1. The minimum Gasteiger partial charge on any atom is -0.480 e. The molecule has 0 aliphatic heterocycles. The second-order valence-electron chi connectivity index (χ2n) is 6.95. The lowest BCUT2D eigenvalue weighted by molar-refractivity contribution is -0.147. The van der Waals surface area contributed by atoms with Gasteiger partial charge in [-0.2, -0.15) is 12.6 Å². The Morgan fingerprint density at radius 2 is 1.68 bits per heavy atom. The Hall–Kier alpha value is -1.92. The van der Waals surface area contributed by atoms with E-state index in [1.165, 1.54) is 23.3 Å². The van der Waals surface area contributed by atoms with Gasteiger partial charge in [-0.1, -0.05) is 32.0 Å². The van der Waals surface area contributed by atoms with Crippen LogP contribution in [0.2, 0.25) is 0 Å². The number of carbonyl (C=O) groups is 1. The molecule has 6 heteroatoms. The molecule has 2 aromatic rings. The molecule has 2 aromatic carbocycles. The quantitative estimate of drug-likeness (QED) is 0.654. The van der Waals surface area contributed by atoms with Gasteiger partial charge in [-0.25, -0.2) is 8.78 Å². The number of carboxylic acid groups (broad SMARTS) is 1. The lowest BCUT2D eigenvalue weighted by atomic mass is 9.96. The van der Waals surface area contributed by atoms with Crippen LogP contribution in [0.5, 0.6) is 0 Å². The zero-order chi connectivity index (χ0) is 21.5. The SMILES string of the molecule is CCc1ccc(-c2ccc(F)cc2F)cc1CC.CN(C)[C@@](C)(CS)C(=O)O. The summed E-state index contributed by atoms with van der Waals surface area (Å²) in [5.41, 5.74) is 2.92. The summed E-state index contributed by atoms with van der Waals surface area (Å²) in [5, 5.41) is 8.71. The van der Waals surface area contributed by atoms with Gasteiger partial charge in [0.15, 0.2) is 0 Å². The zero-order valence-corrected chi connectivity index (χ0v) is 18.0. The van der Waals surface area contributed by atoms with Crippen molar-refractivity contribution in [1.29, 1.82) is 0 Å². The summed E-state index contributed by atoms with van der Waals surface area (Å²) in [6, 6.07) is 9.62. The number of rotatable bonds is 6. The van der Waals surface area contributed by atoms with Crippen LogP contribution in [0.25, 0.3) is 11.1 Å². The molecule has 0 fully saturated rings. The van der Waals surface area contributed by atoms with E-state index in [0.717, 1.165) is 24.5 Å². The first-order valence-corrected chi connectivity index (χ1v) is 9.82. The first kappa shape index (κ1) is 24.1. The summed E-state index contributed by atoms with van der Waals surface area (Å²) in [7, 11) is 3.45. The number of thiol groups is 1. The highest BCUT2D eigenvalue weighted by atomic mass is 32.1. The third kappa shape index (κ3) is 5.79. The lowest BCUT2D eigenvalue weighted by Gasteiger charge is -2.29. The highest BCUT2D eigenvalue weighted by Crippen LogP contribution is 2.26. The first-order chi connectivity index (χ1) is 13.1. The van der Waals surface area contributed by atoms with Crippen LogP contribution >= 0.6 is 12.6 Å². The molecule has 1 atom stereocenters. The Balaban J connectivity index is 0.000000336. The van der Waals surface area contributed by atoms with Crippen molar-refractivity contribution < 1.29 is 18.7 Å². The molecule has 0 aromatic heterocycles. The molecule has 2 rings (SSSR count). The number of aryl methyl sites for hydroxylation is 2. The topological polar surface area (TPSA) is 40.5 Å². The fraction of sp³-hybridized carbons (Fsp3) is 0.409. The minimum absolute atomic E-state index is 0.315. The van der Waals surface area contributed by atoms with Gasteiger partial charge in [-0.05, 0) is 62.7 Å². The highest BCUT2D eigenvalue weighted by molar-refractivity contribution is 7.80. The maximum Gasteiger partial charge on any atom is 0.324 e. The monoisotopic (exact) mass is 409 g/mol. The van der Waals surface area contributed by atoms with E-state index in [9.17, 15) is 13.6 Å². The van der Waals surface area contributed by atoms with Crippen molar-refractivity contribution in [2.75, 3.05) is 19.8 Å². The van der Waals surface area contributed by atoms with E-state index in [1.807, 2.05) is 18.2 Å². The maximum absolute atomic E-state index is 13.7. The predicted octanol–water partition coefficient (Wildman–Crippen LogP) is 5.08. The van der Waals surface area contributed by atoms with Gasteiger partial charge in [0.05, 0.1) is 0 Å². The van der Waals surface area contributed by atoms with Crippen LogP contribution in [0, 0.1) is 11.6 Å². The van der Waals surface area contributed by atoms with E-state index in [4.69, 9.17) is 5.11 Å². The molecule has 0 radical (unpaired) electrons. The van der Waals surface area contributed by atoms with E-state index in [1.54, 1.807) is 25.9 Å². The van der Waals surface area contributed by atoms with Crippen molar-refractivity contribution in [1.82, 2.24) is 4.90 Å². The fourth-order valence-electron chi connectivity index (χ4n) is 2.59. The molecule has 28 heavy (non-hydrogen) atoms. The van der Waals surface area contributed by atoms with Crippen LogP contribution in [0.4, 0.5) is 8.78 Å². The summed E-state index contributed by atoms with van der Waals surface area (Å²) in [5.74, 6) is -1.58. The van der Waals surface area contributed by atoms with Gasteiger partial charge >= 0.3 is 5.97 Å². The van der Waals surface area contributed by atoms with Crippen LogP contribution in [-0.2, 0) is 17.6 Å².